The van der Waals surface area contributed by atoms with Crippen LogP contribution in [0.3, 0.4) is 0 Å². The Balaban J connectivity index is 1.61. The van der Waals surface area contributed by atoms with Crippen LogP contribution >= 0.6 is 11.3 Å². The van der Waals surface area contributed by atoms with Crippen molar-refractivity contribution in [2.45, 2.75) is 0 Å². The second kappa shape index (κ2) is 6.52. The number of amides is 1. The Morgan fingerprint density at radius 1 is 1.12 bits per heavy atom. The molecule has 1 N–H and O–H groups in total. The maximum atomic E-state index is 13.0. The average molecular weight is 369 g/mol. The van der Waals surface area contributed by atoms with Gasteiger partial charge >= 0.3 is 0 Å². The lowest BCUT2D eigenvalue weighted by molar-refractivity contribution is 0.102. The van der Waals surface area contributed by atoms with Gasteiger partial charge in [0.25, 0.3) is 5.91 Å². The van der Waals surface area contributed by atoms with Gasteiger partial charge in [0.15, 0.2) is 5.82 Å². The van der Waals surface area contributed by atoms with Crippen LogP contribution in [-0.2, 0) is 0 Å². The first-order valence-corrected chi connectivity index (χ1v) is 8.39. The first kappa shape index (κ1) is 16.2. The molecule has 4 aromatic rings. The minimum atomic E-state index is -0.399. The number of methoxy groups -OCH3 is 1. The number of fused-ring (bicyclic) bond motifs is 1. The summed E-state index contributed by atoms with van der Waals surface area (Å²) in [5.74, 6) is 0.520. The van der Waals surface area contributed by atoms with E-state index in [-0.39, 0.29) is 5.91 Å². The number of aromatic nitrogens is 4. The summed E-state index contributed by atoms with van der Waals surface area (Å²) in [6, 6.07) is 12.6. The van der Waals surface area contributed by atoms with Crippen molar-refractivity contribution in [2.75, 3.05) is 12.4 Å². The molecule has 7 nitrogen and oxygen atoms in total. The van der Waals surface area contributed by atoms with Crippen LogP contribution in [0.2, 0.25) is 0 Å². The normalized spacial score (nSPS) is 10.8. The molecule has 130 valence electrons. The molecule has 2 aromatic carbocycles. The molecule has 0 aliphatic heterocycles. The largest absolute Gasteiger partial charge is 0.497 e. The van der Waals surface area contributed by atoms with Gasteiger partial charge in [-0.2, -0.15) is 4.52 Å². The number of rotatable bonds is 4. The molecule has 4 rings (SSSR count). The predicted octanol–water partition coefficient (Wildman–Crippen LogP) is 3.25. The maximum absolute atomic E-state index is 13.0. The minimum absolute atomic E-state index is 0.341. The third kappa shape index (κ3) is 3.00. The van der Waals surface area contributed by atoms with Gasteiger partial charge in [0.1, 0.15) is 11.6 Å². The first-order chi connectivity index (χ1) is 12.6. The molecule has 1 amide bonds. The third-order valence-electron chi connectivity index (χ3n) is 3.67. The number of halogens is 1. The topological polar surface area (TPSA) is 81.4 Å². The summed E-state index contributed by atoms with van der Waals surface area (Å²) < 4.78 is 19.7. The Bertz CT molecular complexity index is 1070. The number of benzene rings is 2. The number of nitrogens with zero attached hydrogens (tertiary/aromatic N) is 4. The van der Waals surface area contributed by atoms with E-state index in [1.165, 1.54) is 35.6 Å². The van der Waals surface area contributed by atoms with E-state index in [9.17, 15) is 9.18 Å². The average Bonchev–Trinajstić information content (AvgIpc) is 3.22. The van der Waals surface area contributed by atoms with Crippen molar-refractivity contribution in [1.82, 2.24) is 19.8 Å². The van der Waals surface area contributed by atoms with Gasteiger partial charge < -0.3 is 4.74 Å². The quantitative estimate of drug-likeness (QED) is 0.597. The summed E-state index contributed by atoms with van der Waals surface area (Å²) in [5, 5.41) is 15.6. The van der Waals surface area contributed by atoms with Crippen LogP contribution in [0.25, 0.3) is 16.3 Å². The summed E-state index contributed by atoms with van der Waals surface area (Å²) >= 11 is 1.19. The summed E-state index contributed by atoms with van der Waals surface area (Å²) in [4.78, 5) is 12.8. The molecule has 0 saturated carbocycles. The van der Waals surface area contributed by atoms with Crippen molar-refractivity contribution in [3.63, 3.8) is 0 Å². The van der Waals surface area contributed by atoms with Crippen LogP contribution in [0.4, 0.5) is 9.52 Å². The Kier molecular flexibility index (Phi) is 4.05. The lowest BCUT2D eigenvalue weighted by Gasteiger charge is -2.01. The molecule has 0 saturated heterocycles. The molecule has 0 fully saturated rings. The molecule has 0 aliphatic rings. The number of hydrogen-bond donors (Lipinski definition) is 1. The lowest BCUT2D eigenvalue weighted by atomic mass is 10.2. The molecule has 0 spiro atoms. The Hall–Kier alpha value is -3.33. The molecule has 2 aromatic heterocycles. The van der Waals surface area contributed by atoms with E-state index in [0.717, 1.165) is 11.3 Å². The van der Waals surface area contributed by atoms with Crippen LogP contribution in [0.1, 0.15) is 10.4 Å². The van der Waals surface area contributed by atoms with Gasteiger partial charge in [-0.25, -0.2) is 4.39 Å². The highest BCUT2D eigenvalue weighted by atomic mass is 32.1. The monoisotopic (exact) mass is 369 g/mol. The smallest absolute Gasteiger partial charge is 0.257 e. The second-order valence-electron chi connectivity index (χ2n) is 5.31. The van der Waals surface area contributed by atoms with E-state index in [2.05, 4.69) is 20.6 Å². The van der Waals surface area contributed by atoms with E-state index in [0.29, 0.717) is 21.5 Å². The Labute approximate surface area is 151 Å². The number of carbonyl (C=O) groups excluding carboxylic acids is 1. The zero-order chi connectivity index (χ0) is 18.1. The first-order valence-electron chi connectivity index (χ1n) is 7.57. The van der Waals surface area contributed by atoms with E-state index in [1.807, 2.05) is 24.3 Å². The lowest BCUT2D eigenvalue weighted by Crippen LogP contribution is -2.11. The number of ether oxygens (including phenoxy) is 1. The maximum Gasteiger partial charge on any atom is 0.257 e. The van der Waals surface area contributed by atoms with E-state index in [4.69, 9.17) is 4.74 Å². The van der Waals surface area contributed by atoms with Crippen LogP contribution in [-0.4, -0.2) is 32.8 Å². The highest BCUT2D eigenvalue weighted by molar-refractivity contribution is 7.20. The van der Waals surface area contributed by atoms with Crippen molar-refractivity contribution < 1.29 is 13.9 Å². The molecule has 0 aliphatic carbocycles. The highest BCUT2D eigenvalue weighted by Crippen LogP contribution is 2.25. The fourth-order valence-corrected chi connectivity index (χ4v) is 3.09. The number of carbonyl (C=O) groups is 1. The molecular formula is C17H12FN5O2S. The van der Waals surface area contributed by atoms with Crippen LogP contribution in [0.5, 0.6) is 5.75 Å². The zero-order valence-electron chi connectivity index (χ0n) is 13.5. The van der Waals surface area contributed by atoms with Gasteiger partial charge in [-0.3, -0.25) is 10.1 Å². The van der Waals surface area contributed by atoms with Crippen LogP contribution < -0.4 is 10.1 Å². The van der Waals surface area contributed by atoms with Crippen molar-refractivity contribution >= 4 is 27.3 Å². The molecule has 26 heavy (non-hydrogen) atoms. The van der Waals surface area contributed by atoms with Crippen LogP contribution in [0, 0.1) is 5.82 Å². The van der Waals surface area contributed by atoms with Crippen molar-refractivity contribution in [1.29, 1.82) is 0 Å². The van der Waals surface area contributed by atoms with Crippen LogP contribution in [0.15, 0.2) is 48.5 Å². The Morgan fingerprint density at radius 3 is 2.54 bits per heavy atom. The molecule has 0 radical (unpaired) electrons. The molecular weight excluding hydrogens is 357 g/mol. The predicted molar refractivity (Wildman–Crippen MR) is 95.0 cm³/mol. The standard InChI is InChI=1S/C17H12FN5O2S/c1-25-13-8-4-10(5-9-13)14-20-21-17-23(14)22-16(26-17)19-15(24)11-2-6-12(18)7-3-11/h2-9H,1H3,(H,19,22,24). The summed E-state index contributed by atoms with van der Waals surface area (Å²) in [5.41, 5.74) is 1.16. The third-order valence-corrected chi connectivity index (χ3v) is 4.48. The van der Waals surface area contributed by atoms with E-state index < -0.39 is 5.82 Å². The summed E-state index contributed by atoms with van der Waals surface area (Å²) in [6.45, 7) is 0. The van der Waals surface area contributed by atoms with Gasteiger partial charge in [0.05, 0.1) is 7.11 Å². The number of nitrogens with one attached hydrogen (secondary N) is 1. The summed E-state index contributed by atoms with van der Waals surface area (Å²) in [6.07, 6.45) is 0. The fourth-order valence-electron chi connectivity index (χ4n) is 2.36. The van der Waals surface area contributed by atoms with Gasteiger partial charge in [0, 0.05) is 11.1 Å². The highest BCUT2D eigenvalue weighted by Gasteiger charge is 2.15. The molecule has 9 heteroatoms. The van der Waals surface area contributed by atoms with Crippen molar-refractivity contribution in [3.8, 4) is 17.1 Å². The van der Waals surface area contributed by atoms with Gasteiger partial charge in [-0.15, -0.1) is 15.3 Å². The van der Waals surface area contributed by atoms with Crippen molar-refractivity contribution in [3.05, 3.63) is 59.9 Å². The Morgan fingerprint density at radius 2 is 1.85 bits per heavy atom. The number of hydrogen-bond acceptors (Lipinski definition) is 6. The van der Waals surface area contributed by atoms with Gasteiger partial charge in [-0.05, 0) is 48.5 Å². The summed E-state index contributed by atoms with van der Waals surface area (Å²) in [7, 11) is 1.60. The minimum Gasteiger partial charge on any atom is -0.497 e. The van der Waals surface area contributed by atoms with Gasteiger partial charge in [-0.1, -0.05) is 11.3 Å². The van der Waals surface area contributed by atoms with Crippen molar-refractivity contribution in [2.24, 2.45) is 0 Å². The SMILES string of the molecule is COc1ccc(-c2nnc3sc(NC(=O)c4ccc(F)cc4)nn23)cc1. The molecule has 0 atom stereocenters. The van der Waals surface area contributed by atoms with E-state index >= 15 is 0 Å². The molecule has 0 unspecified atom stereocenters. The second-order valence-corrected chi connectivity index (χ2v) is 6.27. The van der Waals surface area contributed by atoms with Gasteiger partial charge in [0.2, 0.25) is 10.1 Å². The molecule has 0 bridgehead atoms. The molecule has 2 heterocycles. The van der Waals surface area contributed by atoms with E-state index in [1.54, 1.807) is 11.6 Å². The fraction of sp³-hybridized carbons (Fsp3) is 0.0588. The zero-order valence-corrected chi connectivity index (χ0v) is 14.3. The number of anilines is 1.